The molecule has 1 N–H and O–H groups in total. The van der Waals surface area contributed by atoms with E-state index in [1.807, 2.05) is 31.2 Å². The van der Waals surface area contributed by atoms with Crippen molar-refractivity contribution in [2.45, 2.75) is 12.3 Å². The Hall–Kier alpha value is -2.15. The van der Waals surface area contributed by atoms with Crippen molar-refractivity contribution in [1.82, 2.24) is 10.2 Å². The summed E-state index contributed by atoms with van der Waals surface area (Å²) in [5, 5.41) is 6.92. The van der Waals surface area contributed by atoms with Crippen molar-refractivity contribution in [3.63, 3.8) is 0 Å². The molecule has 3 rings (SSSR count). The fourth-order valence-electron chi connectivity index (χ4n) is 2.54. The highest BCUT2D eigenvalue weighted by Crippen LogP contribution is 2.46. The van der Waals surface area contributed by atoms with E-state index in [4.69, 9.17) is 9.47 Å². The first kappa shape index (κ1) is 14.8. The van der Waals surface area contributed by atoms with E-state index in [1.165, 1.54) is 0 Å². The first-order chi connectivity index (χ1) is 10.7. The number of hydrogen-bond donors (Lipinski definition) is 1. The SMILES string of the molecule is COc1cccc(C2SCC(=O)N2c2cc(C)[nH]n2)c1OC. The number of aryl methyl sites for hydroxylation is 1. The standard InChI is InChI=1S/C15H17N3O3S/c1-9-7-12(17-16-9)18-13(19)8-22-15(18)10-5-4-6-11(20-2)14(10)21-3/h4-7,15H,8H2,1-3H3,(H,16,17). The van der Waals surface area contributed by atoms with Crippen LogP contribution in [0.2, 0.25) is 0 Å². The number of methoxy groups -OCH3 is 2. The van der Waals surface area contributed by atoms with Crippen LogP contribution in [-0.4, -0.2) is 36.1 Å². The van der Waals surface area contributed by atoms with E-state index in [1.54, 1.807) is 30.9 Å². The molecule has 1 atom stereocenters. The van der Waals surface area contributed by atoms with Crippen molar-refractivity contribution in [3.8, 4) is 11.5 Å². The van der Waals surface area contributed by atoms with Crippen molar-refractivity contribution in [3.05, 3.63) is 35.5 Å². The van der Waals surface area contributed by atoms with Crippen LogP contribution in [0.15, 0.2) is 24.3 Å². The van der Waals surface area contributed by atoms with Crippen LogP contribution in [-0.2, 0) is 4.79 Å². The van der Waals surface area contributed by atoms with Crippen LogP contribution in [0.25, 0.3) is 0 Å². The van der Waals surface area contributed by atoms with Gasteiger partial charge in [-0.2, -0.15) is 5.10 Å². The second kappa shape index (κ2) is 5.92. The molecule has 1 unspecified atom stereocenters. The summed E-state index contributed by atoms with van der Waals surface area (Å²) in [5.41, 5.74) is 1.81. The Morgan fingerprint density at radius 3 is 2.82 bits per heavy atom. The molecule has 1 aromatic heterocycles. The number of nitrogens with zero attached hydrogens (tertiary/aromatic N) is 2. The predicted octanol–water partition coefficient (Wildman–Crippen LogP) is 2.51. The molecule has 1 aromatic carbocycles. The fourth-order valence-corrected chi connectivity index (χ4v) is 3.71. The van der Waals surface area contributed by atoms with Gasteiger partial charge in [0, 0.05) is 17.3 Å². The number of thioether (sulfide) groups is 1. The Kier molecular flexibility index (Phi) is 3.98. The van der Waals surface area contributed by atoms with Gasteiger partial charge in [0.15, 0.2) is 17.3 Å². The van der Waals surface area contributed by atoms with Crippen molar-refractivity contribution in [1.29, 1.82) is 0 Å². The summed E-state index contributed by atoms with van der Waals surface area (Å²) in [6.07, 6.45) is 0. The van der Waals surface area contributed by atoms with Gasteiger partial charge in [0.05, 0.1) is 20.0 Å². The monoisotopic (exact) mass is 319 g/mol. The lowest BCUT2D eigenvalue weighted by atomic mass is 10.1. The van der Waals surface area contributed by atoms with Gasteiger partial charge >= 0.3 is 0 Å². The minimum atomic E-state index is -0.180. The molecule has 116 valence electrons. The third-order valence-corrected chi connectivity index (χ3v) is 4.70. The quantitative estimate of drug-likeness (QED) is 0.938. The largest absolute Gasteiger partial charge is 0.493 e. The molecule has 6 nitrogen and oxygen atoms in total. The van der Waals surface area contributed by atoms with Crippen LogP contribution >= 0.6 is 11.8 Å². The molecule has 0 aliphatic carbocycles. The van der Waals surface area contributed by atoms with Crippen molar-refractivity contribution < 1.29 is 14.3 Å². The van der Waals surface area contributed by atoms with Gasteiger partial charge in [0.1, 0.15) is 5.37 Å². The third kappa shape index (κ3) is 2.41. The maximum atomic E-state index is 12.3. The first-order valence-electron chi connectivity index (χ1n) is 6.82. The van der Waals surface area contributed by atoms with E-state index in [0.29, 0.717) is 23.1 Å². The lowest BCUT2D eigenvalue weighted by Gasteiger charge is -2.24. The number of ether oxygens (including phenoxy) is 2. The second-order valence-corrected chi connectivity index (χ2v) is 5.99. The number of rotatable bonds is 4. The van der Waals surface area contributed by atoms with Gasteiger partial charge in [0.25, 0.3) is 0 Å². The lowest BCUT2D eigenvalue weighted by molar-refractivity contribution is -0.115. The summed E-state index contributed by atoms with van der Waals surface area (Å²) in [7, 11) is 3.20. The number of H-pyrrole nitrogens is 1. The van der Waals surface area contributed by atoms with E-state index in [0.717, 1.165) is 11.3 Å². The van der Waals surface area contributed by atoms with Gasteiger partial charge < -0.3 is 9.47 Å². The number of anilines is 1. The molecule has 1 aliphatic heterocycles. The van der Waals surface area contributed by atoms with E-state index in [9.17, 15) is 4.79 Å². The average Bonchev–Trinajstić information content (AvgIpc) is 3.11. The van der Waals surface area contributed by atoms with Gasteiger partial charge in [-0.1, -0.05) is 12.1 Å². The molecule has 1 amide bonds. The molecule has 0 radical (unpaired) electrons. The van der Waals surface area contributed by atoms with Gasteiger partial charge in [-0.05, 0) is 13.0 Å². The Morgan fingerprint density at radius 1 is 1.36 bits per heavy atom. The topological polar surface area (TPSA) is 67.5 Å². The summed E-state index contributed by atoms with van der Waals surface area (Å²) in [4.78, 5) is 14.0. The summed E-state index contributed by atoms with van der Waals surface area (Å²) in [6, 6.07) is 7.55. The number of para-hydroxylation sites is 1. The smallest absolute Gasteiger partial charge is 0.239 e. The van der Waals surface area contributed by atoms with Crippen molar-refractivity contribution >= 4 is 23.5 Å². The number of aromatic nitrogens is 2. The Balaban J connectivity index is 2.05. The highest BCUT2D eigenvalue weighted by molar-refractivity contribution is 8.00. The lowest BCUT2D eigenvalue weighted by Crippen LogP contribution is -2.28. The molecule has 0 bridgehead atoms. The normalized spacial score (nSPS) is 17.9. The van der Waals surface area contributed by atoms with Crippen molar-refractivity contribution in [2.24, 2.45) is 0 Å². The summed E-state index contributed by atoms with van der Waals surface area (Å²) in [5.74, 6) is 2.37. The van der Waals surface area contributed by atoms with Gasteiger partial charge in [-0.15, -0.1) is 11.8 Å². The molecule has 1 saturated heterocycles. The number of hydrogen-bond acceptors (Lipinski definition) is 5. The van der Waals surface area contributed by atoms with E-state index in [-0.39, 0.29) is 11.3 Å². The van der Waals surface area contributed by atoms with E-state index >= 15 is 0 Å². The predicted molar refractivity (Wildman–Crippen MR) is 85.6 cm³/mol. The van der Waals surface area contributed by atoms with Crippen LogP contribution in [0.5, 0.6) is 11.5 Å². The molecule has 2 heterocycles. The van der Waals surface area contributed by atoms with Crippen LogP contribution in [0, 0.1) is 6.92 Å². The Bertz CT molecular complexity index is 701. The van der Waals surface area contributed by atoms with Gasteiger partial charge in [0.2, 0.25) is 5.91 Å². The third-order valence-electron chi connectivity index (χ3n) is 3.51. The van der Waals surface area contributed by atoms with Crippen LogP contribution in [0.3, 0.4) is 0 Å². The van der Waals surface area contributed by atoms with E-state index in [2.05, 4.69) is 10.2 Å². The van der Waals surface area contributed by atoms with E-state index < -0.39 is 0 Å². The van der Waals surface area contributed by atoms with Crippen LogP contribution in [0.1, 0.15) is 16.6 Å². The number of aromatic amines is 1. The minimum Gasteiger partial charge on any atom is -0.493 e. The zero-order chi connectivity index (χ0) is 15.7. The van der Waals surface area contributed by atoms with Crippen molar-refractivity contribution in [2.75, 3.05) is 24.9 Å². The molecule has 0 saturated carbocycles. The molecular formula is C15H17N3O3S. The summed E-state index contributed by atoms with van der Waals surface area (Å²) >= 11 is 1.55. The summed E-state index contributed by atoms with van der Waals surface area (Å²) < 4.78 is 10.8. The zero-order valence-corrected chi connectivity index (χ0v) is 13.4. The zero-order valence-electron chi connectivity index (χ0n) is 12.6. The number of carbonyl (C=O) groups excluding carboxylic acids is 1. The molecule has 7 heteroatoms. The number of nitrogens with one attached hydrogen (secondary N) is 1. The Morgan fingerprint density at radius 2 is 2.18 bits per heavy atom. The molecule has 1 aliphatic rings. The molecule has 1 fully saturated rings. The highest BCUT2D eigenvalue weighted by Gasteiger charge is 2.37. The molecule has 22 heavy (non-hydrogen) atoms. The number of benzene rings is 1. The van der Waals surface area contributed by atoms with Gasteiger partial charge in [-0.25, -0.2) is 0 Å². The average molecular weight is 319 g/mol. The van der Waals surface area contributed by atoms with Crippen LogP contribution < -0.4 is 14.4 Å². The maximum absolute atomic E-state index is 12.3. The molecular weight excluding hydrogens is 302 g/mol. The summed E-state index contributed by atoms with van der Waals surface area (Å²) in [6.45, 7) is 1.91. The van der Waals surface area contributed by atoms with Crippen LogP contribution in [0.4, 0.5) is 5.82 Å². The fraction of sp³-hybridized carbons (Fsp3) is 0.333. The first-order valence-corrected chi connectivity index (χ1v) is 7.87. The minimum absolute atomic E-state index is 0.0337. The molecule has 2 aromatic rings. The number of carbonyl (C=O) groups is 1. The van der Waals surface area contributed by atoms with Gasteiger partial charge in [-0.3, -0.25) is 14.8 Å². The Labute approximate surface area is 132 Å². The molecule has 0 spiro atoms. The maximum Gasteiger partial charge on any atom is 0.239 e. The highest BCUT2D eigenvalue weighted by atomic mass is 32.2. The number of amides is 1. The second-order valence-electron chi connectivity index (χ2n) is 4.92.